The van der Waals surface area contributed by atoms with Crippen LogP contribution in [0.3, 0.4) is 0 Å². The second kappa shape index (κ2) is 9.87. The topological polar surface area (TPSA) is 131 Å². The van der Waals surface area contributed by atoms with E-state index in [4.69, 9.17) is 5.73 Å². The van der Waals surface area contributed by atoms with E-state index >= 15 is 0 Å². The van der Waals surface area contributed by atoms with Crippen LogP contribution in [0.4, 0.5) is 4.39 Å². The first kappa shape index (κ1) is 24.4. The van der Waals surface area contributed by atoms with Crippen molar-refractivity contribution in [2.24, 2.45) is 16.0 Å². The van der Waals surface area contributed by atoms with Gasteiger partial charge in [0, 0.05) is 29.2 Å². The van der Waals surface area contributed by atoms with Crippen molar-refractivity contribution in [3.63, 3.8) is 0 Å². The van der Waals surface area contributed by atoms with E-state index in [2.05, 4.69) is 15.3 Å². The zero-order valence-corrected chi connectivity index (χ0v) is 19.9. The van der Waals surface area contributed by atoms with Gasteiger partial charge in [0.15, 0.2) is 5.84 Å². The molecule has 0 aliphatic heterocycles. The molecule has 0 unspecified atom stereocenters. The highest BCUT2D eigenvalue weighted by molar-refractivity contribution is 6.13. The number of benzene rings is 2. The maximum Gasteiger partial charge on any atom is 0.260 e. The van der Waals surface area contributed by atoms with Crippen LogP contribution in [0.2, 0.25) is 0 Å². The van der Waals surface area contributed by atoms with E-state index in [1.54, 1.807) is 37.5 Å². The van der Waals surface area contributed by atoms with Crippen LogP contribution < -0.4 is 11.3 Å². The van der Waals surface area contributed by atoms with Gasteiger partial charge in [-0.05, 0) is 62.2 Å². The van der Waals surface area contributed by atoms with Crippen LogP contribution in [0.1, 0.15) is 46.5 Å². The van der Waals surface area contributed by atoms with Gasteiger partial charge in [0.25, 0.3) is 5.56 Å². The van der Waals surface area contributed by atoms with Crippen molar-refractivity contribution in [2.75, 3.05) is 0 Å². The third kappa shape index (κ3) is 4.61. The highest BCUT2D eigenvalue weighted by Crippen LogP contribution is 2.21. The second-order valence-corrected chi connectivity index (χ2v) is 8.44. The van der Waals surface area contributed by atoms with Gasteiger partial charge in [-0.2, -0.15) is 0 Å². The lowest BCUT2D eigenvalue weighted by Crippen LogP contribution is -2.31. The van der Waals surface area contributed by atoms with Crippen molar-refractivity contribution < 1.29 is 14.8 Å². The Labute approximate surface area is 206 Å². The fourth-order valence-electron chi connectivity index (χ4n) is 4.07. The summed E-state index contributed by atoms with van der Waals surface area (Å²) in [6.45, 7) is 5.55. The highest BCUT2D eigenvalue weighted by Gasteiger charge is 2.21. The van der Waals surface area contributed by atoms with Gasteiger partial charge in [0.1, 0.15) is 11.5 Å². The Morgan fingerprint density at radius 1 is 1.03 bits per heavy atom. The van der Waals surface area contributed by atoms with Gasteiger partial charge in [-0.1, -0.05) is 28.5 Å². The van der Waals surface area contributed by atoms with Gasteiger partial charge in [0.2, 0.25) is 0 Å². The molecule has 0 fully saturated rings. The monoisotopic (exact) mass is 488 g/mol. The molecule has 0 aliphatic rings. The van der Waals surface area contributed by atoms with Gasteiger partial charge < -0.3 is 25.3 Å². The third-order valence-electron chi connectivity index (χ3n) is 6.03. The van der Waals surface area contributed by atoms with Crippen LogP contribution in [0.5, 0.6) is 0 Å². The Morgan fingerprint density at radius 3 is 2.33 bits per heavy atom. The predicted molar refractivity (Wildman–Crippen MR) is 134 cm³/mol. The van der Waals surface area contributed by atoms with E-state index in [-0.39, 0.29) is 22.7 Å². The molecule has 0 bridgehead atoms. The van der Waals surface area contributed by atoms with Crippen molar-refractivity contribution in [2.45, 2.75) is 26.8 Å². The van der Waals surface area contributed by atoms with Crippen molar-refractivity contribution >= 4 is 11.5 Å². The normalized spacial score (nSPS) is 13.1. The number of imidazole rings is 1. The van der Waals surface area contributed by atoms with Crippen LogP contribution in [0.15, 0.2) is 82.4 Å². The van der Waals surface area contributed by atoms with Crippen LogP contribution in [-0.2, 0) is 0 Å². The van der Waals surface area contributed by atoms with Gasteiger partial charge in [-0.15, -0.1) is 0 Å². The van der Waals surface area contributed by atoms with Crippen molar-refractivity contribution in [1.29, 1.82) is 0 Å². The summed E-state index contributed by atoms with van der Waals surface area (Å²) in [5.74, 6) is -0.626. The first-order chi connectivity index (χ1) is 17.2. The van der Waals surface area contributed by atoms with E-state index in [0.717, 1.165) is 16.9 Å². The van der Waals surface area contributed by atoms with Crippen LogP contribution >= 0.6 is 0 Å². The number of nitrogens with zero attached hydrogens (tertiary/aromatic N) is 5. The molecule has 10 heteroatoms. The first-order valence-electron chi connectivity index (χ1n) is 11.1. The first-order valence-corrected chi connectivity index (χ1v) is 11.1. The smallest absolute Gasteiger partial charge is 0.260 e. The number of aromatic nitrogens is 3. The lowest BCUT2D eigenvalue weighted by molar-refractivity contribution is 0.318. The Bertz CT molecular complexity index is 1540. The summed E-state index contributed by atoms with van der Waals surface area (Å²) in [7, 11) is 0. The SMILES string of the molecule is Cc1cn(-c2ccc(/C(=N/O)c3cc(C(N)=NO)cn([C@@H](C)c4ccc(F)cc4)c3=O)cc2C)cn1. The molecule has 4 aromatic rings. The van der Waals surface area contributed by atoms with Gasteiger partial charge >= 0.3 is 0 Å². The van der Waals surface area contributed by atoms with Crippen LogP contribution in [-0.4, -0.2) is 36.1 Å². The molecule has 2 aromatic heterocycles. The molecule has 0 saturated heterocycles. The summed E-state index contributed by atoms with van der Waals surface area (Å²) in [5.41, 5.74) is 9.45. The lowest BCUT2D eigenvalue weighted by atomic mass is 9.98. The minimum atomic E-state index is -0.531. The van der Waals surface area contributed by atoms with Crippen LogP contribution in [0.25, 0.3) is 5.69 Å². The molecule has 0 amide bonds. The molecular formula is C26H25FN6O3. The molecule has 0 spiro atoms. The molecule has 2 heterocycles. The molecule has 0 saturated carbocycles. The number of pyridine rings is 1. The molecular weight excluding hydrogens is 463 g/mol. The predicted octanol–water partition coefficient (Wildman–Crippen LogP) is 3.72. The summed E-state index contributed by atoms with van der Waals surface area (Å²) < 4.78 is 16.7. The fraction of sp³-hybridized carbons (Fsp3) is 0.154. The molecule has 2 aromatic carbocycles. The standard InChI is InChI=1S/C26H25FN6O3/c1-15-10-19(6-9-23(15)32-12-16(2)29-14-32)24(30-35)22-11-20(25(28)31-36)13-33(26(22)34)17(3)18-4-7-21(27)8-5-18/h4-14,17,35-36H,1-3H3,(H2,28,31)/b30-24-/t17-/m0/s1. The van der Waals surface area contributed by atoms with Gasteiger partial charge in [-0.3, -0.25) is 4.79 Å². The number of oxime groups is 2. The summed E-state index contributed by atoms with van der Waals surface area (Å²) in [4.78, 5) is 17.9. The molecule has 9 nitrogen and oxygen atoms in total. The Balaban J connectivity index is 1.85. The number of halogens is 1. The van der Waals surface area contributed by atoms with Crippen molar-refractivity contribution in [1.82, 2.24) is 14.1 Å². The van der Waals surface area contributed by atoms with Crippen molar-refractivity contribution in [3.05, 3.63) is 117 Å². The Kier molecular flexibility index (Phi) is 6.69. The fourth-order valence-corrected chi connectivity index (χ4v) is 4.07. The second-order valence-electron chi connectivity index (χ2n) is 8.44. The van der Waals surface area contributed by atoms with E-state index in [1.807, 2.05) is 30.7 Å². The molecule has 36 heavy (non-hydrogen) atoms. The molecule has 0 aliphatic carbocycles. The van der Waals surface area contributed by atoms with Crippen LogP contribution in [0, 0.1) is 19.7 Å². The number of aryl methyl sites for hydroxylation is 2. The highest BCUT2D eigenvalue weighted by atomic mass is 19.1. The average molecular weight is 489 g/mol. The quantitative estimate of drug-likeness (QED) is 0.165. The van der Waals surface area contributed by atoms with E-state index in [1.165, 1.54) is 29.0 Å². The lowest BCUT2D eigenvalue weighted by Gasteiger charge is -2.19. The summed E-state index contributed by atoms with van der Waals surface area (Å²) in [5, 5.41) is 25.7. The molecule has 0 radical (unpaired) electrons. The minimum Gasteiger partial charge on any atom is -0.410 e. The number of amidine groups is 1. The molecule has 4 rings (SSSR count). The van der Waals surface area contributed by atoms with E-state index in [9.17, 15) is 19.6 Å². The average Bonchev–Trinajstić information content (AvgIpc) is 3.31. The minimum absolute atomic E-state index is 0.0177. The number of hydrogen-bond acceptors (Lipinski definition) is 6. The number of hydrogen-bond donors (Lipinski definition) is 3. The number of rotatable bonds is 6. The van der Waals surface area contributed by atoms with Gasteiger partial charge in [0.05, 0.1) is 23.6 Å². The molecule has 4 N–H and O–H groups in total. The Morgan fingerprint density at radius 2 is 1.75 bits per heavy atom. The summed E-state index contributed by atoms with van der Waals surface area (Å²) >= 11 is 0. The zero-order chi connectivity index (χ0) is 26.0. The maximum atomic E-state index is 13.6. The van der Waals surface area contributed by atoms with Crippen molar-refractivity contribution in [3.8, 4) is 5.69 Å². The Hall–Kier alpha value is -4.73. The molecule has 1 atom stereocenters. The largest absolute Gasteiger partial charge is 0.410 e. The molecule has 184 valence electrons. The maximum absolute atomic E-state index is 13.6. The number of nitrogens with two attached hydrogens (primary N) is 1. The van der Waals surface area contributed by atoms with E-state index in [0.29, 0.717) is 11.1 Å². The summed E-state index contributed by atoms with van der Waals surface area (Å²) in [6.07, 6.45) is 5.03. The zero-order valence-electron chi connectivity index (χ0n) is 19.9. The van der Waals surface area contributed by atoms with Gasteiger partial charge in [-0.25, -0.2) is 9.37 Å². The van der Waals surface area contributed by atoms with E-state index < -0.39 is 17.4 Å². The third-order valence-corrected chi connectivity index (χ3v) is 6.03. The summed E-state index contributed by atoms with van der Waals surface area (Å²) in [6, 6.07) is 12.0.